The Bertz CT molecular complexity index is 383. The summed E-state index contributed by atoms with van der Waals surface area (Å²) in [5.74, 6) is 0.805. The fourth-order valence-corrected chi connectivity index (χ4v) is 1.55. The molecular formula is C12H14N2O2. The summed E-state index contributed by atoms with van der Waals surface area (Å²) in [5, 5.41) is 0. The van der Waals surface area contributed by atoms with Gasteiger partial charge in [0.15, 0.2) is 0 Å². The molecule has 0 saturated carbocycles. The molecule has 0 spiro atoms. The van der Waals surface area contributed by atoms with Crippen LogP contribution in [0.3, 0.4) is 0 Å². The van der Waals surface area contributed by atoms with Crippen molar-refractivity contribution in [3.63, 3.8) is 0 Å². The molecule has 4 heteroatoms. The van der Waals surface area contributed by atoms with Gasteiger partial charge in [0, 0.05) is 6.20 Å². The van der Waals surface area contributed by atoms with Gasteiger partial charge in [0.1, 0.15) is 11.9 Å². The van der Waals surface area contributed by atoms with Gasteiger partial charge in [0.25, 0.3) is 0 Å². The maximum atomic E-state index is 11.4. The van der Waals surface area contributed by atoms with Crippen molar-refractivity contribution in [2.45, 2.75) is 13.0 Å². The Hall–Kier alpha value is -1.84. The largest absolute Gasteiger partial charge is 0.485 e. The van der Waals surface area contributed by atoms with Crippen molar-refractivity contribution in [2.75, 3.05) is 13.1 Å². The van der Waals surface area contributed by atoms with Crippen molar-refractivity contribution in [1.29, 1.82) is 0 Å². The highest BCUT2D eigenvalue weighted by molar-refractivity contribution is 5.88. The Morgan fingerprint density at radius 2 is 2.44 bits per heavy atom. The highest BCUT2D eigenvalue weighted by Gasteiger charge is 2.30. The Kier molecular flexibility index (Phi) is 3.19. The number of aromatic nitrogens is 1. The van der Waals surface area contributed by atoms with Crippen molar-refractivity contribution in [3.05, 3.63) is 36.7 Å². The molecule has 0 bridgehead atoms. The van der Waals surface area contributed by atoms with E-state index in [1.165, 1.54) is 0 Å². The second-order valence-corrected chi connectivity index (χ2v) is 3.67. The Morgan fingerprint density at radius 1 is 1.62 bits per heavy atom. The van der Waals surface area contributed by atoms with Crippen LogP contribution in [0.4, 0.5) is 0 Å². The van der Waals surface area contributed by atoms with Crippen molar-refractivity contribution in [3.8, 4) is 5.75 Å². The topological polar surface area (TPSA) is 42.4 Å². The van der Waals surface area contributed by atoms with Gasteiger partial charge in [-0.15, -0.1) is 0 Å². The molecule has 0 aliphatic carbocycles. The van der Waals surface area contributed by atoms with Gasteiger partial charge in [-0.3, -0.25) is 9.78 Å². The number of likely N-dealkylation sites (tertiary alicyclic amines) is 1. The first kappa shape index (κ1) is 10.7. The van der Waals surface area contributed by atoms with Gasteiger partial charge < -0.3 is 9.64 Å². The zero-order valence-electron chi connectivity index (χ0n) is 9.17. The number of hydrogen-bond donors (Lipinski definition) is 0. The van der Waals surface area contributed by atoms with Crippen molar-refractivity contribution >= 4 is 5.91 Å². The molecule has 1 aromatic rings. The van der Waals surface area contributed by atoms with Crippen LogP contribution in [0.15, 0.2) is 36.7 Å². The van der Waals surface area contributed by atoms with Crippen molar-refractivity contribution < 1.29 is 9.53 Å². The third-order valence-corrected chi connectivity index (χ3v) is 2.41. The highest BCUT2D eigenvalue weighted by Crippen LogP contribution is 2.16. The van der Waals surface area contributed by atoms with E-state index in [1.54, 1.807) is 29.4 Å². The Balaban J connectivity index is 1.79. The molecule has 0 N–H and O–H groups in total. The molecule has 84 valence electrons. The van der Waals surface area contributed by atoms with Crippen LogP contribution in [0.25, 0.3) is 0 Å². The maximum Gasteiger partial charge on any atom is 0.246 e. The minimum atomic E-state index is 0.0496. The first-order chi connectivity index (χ1) is 7.79. The molecule has 1 fully saturated rings. The van der Waals surface area contributed by atoms with Crippen LogP contribution in [-0.2, 0) is 4.79 Å². The molecule has 2 heterocycles. The highest BCUT2D eigenvalue weighted by atomic mass is 16.5. The van der Waals surface area contributed by atoms with Crippen LogP contribution in [0.1, 0.15) is 6.92 Å². The molecule has 0 atom stereocenters. The minimum absolute atomic E-state index is 0.0496. The normalized spacial score (nSPS) is 16.2. The lowest BCUT2D eigenvalue weighted by Gasteiger charge is -2.38. The van der Waals surface area contributed by atoms with Crippen LogP contribution in [0.5, 0.6) is 5.75 Å². The average Bonchev–Trinajstić information content (AvgIpc) is 2.24. The van der Waals surface area contributed by atoms with Gasteiger partial charge in [0.2, 0.25) is 5.91 Å². The second-order valence-electron chi connectivity index (χ2n) is 3.67. The molecule has 1 amide bonds. The van der Waals surface area contributed by atoms with E-state index in [9.17, 15) is 4.79 Å². The predicted octanol–water partition coefficient (Wildman–Crippen LogP) is 1.25. The summed E-state index contributed by atoms with van der Waals surface area (Å²) in [6.45, 7) is 3.14. The molecule has 1 saturated heterocycles. The molecule has 4 nitrogen and oxygen atoms in total. The SMILES string of the molecule is C/C=C/C(=O)N1CC(Oc2cccnc2)C1. The third-order valence-electron chi connectivity index (χ3n) is 2.41. The zero-order chi connectivity index (χ0) is 11.4. The number of amides is 1. The number of carbonyl (C=O) groups is 1. The van der Waals surface area contributed by atoms with Crippen LogP contribution in [0, 0.1) is 0 Å². The molecule has 2 rings (SSSR count). The first-order valence-corrected chi connectivity index (χ1v) is 5.28. The average molecular weight is 218 g/mol. The van der Waals surface area contributed by atoms with Gasteiger partial charge in [-0.2, -0.15) is 0 Å². The van der Waals surface area contributed by atoms with Gasteiger partial charge in [-0.1, -0.05) is 6.08 Å². The van der Waals surface area contributed by atoms with E-state index in [0.29, 0.717) is 13.1 Å². The van der Waals surface area contributed by atoms with E-state index < -0.39 is 0 Å². The van der Waals surface area contributed by atoms with Crippen LogP contribution in [0.2, 0.25) is 0 Å². The second kappa shape index (κ2) is 4.79. The van der Waals surface area contributed by atoms with E-state index >= 15 is 0 Å². The summed E-state index contributed by atoms with van der Waals surface area (Å²) in [7, 11) is 0. The number of nitrogens with zero attached hydrogens (tertiary/aromatic N) is 2. The standard InChI is InChI=1S/C12H14N2O2/c1-2-4-12(15)14-8-11(9-14)16-10-5-3-6-13-7-10/h2-7,11H,8-9H2,1H3/b4-2+. The van der Waals surface area contributed by atoms with Gasteiger partial charge >= 0.3 is 0 Å². The van der Waals surface area contributed by atoms with Gasteiger partial charge in [0.05, 0.1) is 19.3 Å². The predicted molar refractivity (Wildman–Crippen MR) is 60.0 cm³/mol. The fraction of sp³-hybridized carbons (Fsp3) is 0.333. The summed E-state index contributed by atoms with van der Waals surface area (Å²) in [4.78, 5) is 17.1. The number of allylic oxidation sites excluding steroid dienone is 1. The zero-order valence-corrected chi connectivity index (χ0v) is 9.17. The molecule has 1 aliphatic rings. The monoisotopic (exact) mass is 218 g/mol. The molecule has 0 radical (unpaired) electrons. The molecular weight excluding hydrogens is 204 g/mol. The van der Waals surface area contributed by atoms with E-state index in [-0.39, 0.29) is 12.0 Å². The maximum absolute atomic E-state index is 11.4. The summed E-state index contributed by atoms with van der Waals surface area (Å²) in [6, 6.07) is 3.69. The number of rotatable bonds is 3. The number of ether oxygens (including phenoxy) is 1. The molecule has 1 aliphatic heterocycles. The van der Waals surface area contributed by atoms with Gasteiger partial charge in [-0.25, -0.2) is 0 Å². The number of carbonyl (C=O) groups excluding carboxylic acids is 1. The molecule has 16 heavy (non-hydrogen) atoms. The lowest BCUT2D eigenvalue weighted by molar-refractivity contribution is -0.134. The summed E-state index contributed by atoms with van der Waals surface area (Å²) in [6.07, 6.45) is 6.79. The van der Waals surface area contributed by atoms with E-state index in [1.807, 2.05) is 19.1 Å². The van der Waals surface area contributed by atoms with Crippen molar-refractivity contribution in [1.82, 2.24) is 9.88 Å². The summed E-state index contributed by atoms with van der Waals surface area (Å²) < 4.78 is 5.63. The minimum Gasteiger partial charge on any atom is -0.485 e. The van der Waals surface area contributed by atoms with Gasteiger partial charge in [-0.05, 0) is 25.1 Å². The molecule has 1 aromatic heterocycles. The summed E-state index contributed by atoms with van der Waals surface area (Å²) in [5.41, 5.74) is 0. The Morgan fingerprint density at radius 3 is 3.06 bits per heavy atom. The van der Waals surface area contributed by atoms with E-state index in [2.05, 4.69) is 4.98 Å². The van der Waals surface area contributed by atoms with Crippen LogP contribution < -0.4 is 4.74 Å². The molecule has 0 unspecified atom stereocenters. The summed E-state index contributed by atoms with van der Waals surface area (Å²) >= 11 is 0. The number of pyridine rings is 1. The molecule has 0 aromatic carbocycles. The quantitative estimate of drug-likeness (QED) is 0.717. The van der Waals surface area contributed by atoms with E-state index in [0.717, 1.165) is 5.75 Å². The van der Waals surface area contributed by atoms with Crippen molar-refractivity contribution in [2.24, 2.45) is 0 Å². The smallest absolute Gasteiger partial charge is 0.246 e. The lowest BCUT2D eigenvalue weighted by atomic mass is 10.1. The first-order valence-electron chi connectivity index (χ1n) is 5.28. The third kappa shape index (κ3) is 2.39. The fourth-order valence-electron chi connectivity index (χ4n) is 1.55. The number of hydrogen-bond acceptors (Lipinski definition) is 3. The lowest BCUT2D eigenvalue weighted by Crippen LogP contribution is -2.55. The van der Waals surface area contributed by atoms with Crippen LogP contribution in [-0.4, -0.2) is 35.0 Å². The van der Waals surface area contributed by atoms with Crippen LogP contribution >= 0.6 is 0 Å². The Labute approximate surface area is 94.5 Å². The van der Waals surface area contributed by atoms with E-state index in [4.69, 9.17) is 4.74 Å².